The minimum absolute atomic E-state index is 0.205. The number of carbonyl (C=O) groups excluding carboxylic acids is 1. The smallest absolute Gasteiger partial charge is 0.416 e. The lowest BCUT2D eigenvalue weighted by Gasteiger charge is -2.24. The zero-order chi connectivity index (χ0) is 16.3. The fourth-order valence-electron chi connectivity index (χ4n) is 2.35. The molecule has 0 fully saturated rings. The van der Waals surface area contributed by atoms with Crippen LogP contribution in [0.4, 0.5) is 18.9 Å². The maximum Gasteiger partial charge on any atom is 0.416 e. The number of anilines is 1. The summed E-state index contributed by atoms with van der Waals surface area (Å²) in [7, 11) is 0. The molecule has 1 aliphatic rings. The third kappa shape index (κ3) is 3.66. The van der Waals surface area contributed by atoms with Crippen molar-refractivity contribution in [2.75, 3.05) is 5.32 Å². The van der Waals surface area contributed by atoms with Crippen LogP contribution in [0.25, 0.3) is 0 Å². The van der Waals surface area contributed by atoms with Crippen LogP contribution < -0.4 is 5.32 Å². The molecule has 1 aromatic carbocycles. The van der Waals surface area contributed by atoms with Gasteiger partial charge in [0.15, 0.2) is 0 Å². The van der Waals surface area contributed by atoms with Crippen molar-refractivity contribution in [3.05, 3.63) is 42.0 Å². The molecule has 2 atom stereocenters. The van der Waals surface area contributed by atoms with Gasteiger partial charge in [-0.05, 0) is 37.1 Å². The molecule has 1 aliphatic carbocycles. The van der Waals surface area contributed by atoms with E-state index in [0.29, 0.717) is 6.42 Å². The van der Waals surface area contributed by atoms with Gasteiger partial charge in [-0.2, -0.15) is 13.2 Å². The summed E-state index contributed by atoms with van der Waals surface area (Å²) in [6.07, 6.45) is -0.438. The molecule has 0 bridgehead atoms. The van der Waals surface area contributed by atoms with Crippen molar-refractivity contribution in [2.24, 2.45) is 11.8 Å². The Morgan fingerprint density at radius 2 is 1.59 bits per heavy atom. The van der Waals surface area contributed by atoms with Gasteiger partial charge in [-0.3, -0.25) is 9.59 Å². The largest absolute Gasteiger partial charge is 0.481 e. The lowest BCUT2D eigenvalue weighted by molar-refractivity contribution is -0.146. The van der Waals surface area contributed by atoms with Gasteiger partial charge in [0.1, 0.15) is 0 Å². The summed E-state index contributed by atoms with van der Waals surface area (Å²) in [5, 5.41) is 11.6. The van der Waals surface area contributed by atoms with Crippen LogP contribution in [0, 0.1) is 11.8 Å². The molecule has 2 N–H and O–H groups in total. The van der Waals surface area contributed by atoms with Gasteiger partial charge in [0.25, 0.3) is 0 Å². The number of carbonyl (C=O) groups is 2. The SMILES string of the molecule is O=C(Nc1ccc(C(F)(F)F)cc1)[C@H]1CC=CC[C@H]1C(=O)O. The van der Waals surface area contributed by atoms with Crippen LogP contribution in [-0.2, 0) is 15.8 Å². The number of amides is 1. The molecule has 0 aliphatic heterocycles. The normalized spacial score (nSPS) is 21.4. The van der Waals surface area contributed by atoms with Crippen molar-refractivity contribution < 1.29 is 27.9 Å². The number of hydrogen-bond donors (Lipinski definition) is 2. The Kier molecular flexibility index (Phi) is 4.54. The first-order valence-electron chi connectivity index (χ1n) is 6.65. The Morgan fingerprint density at radius 1 is 1.05 bits per heavy atom. The van der Waals surface area contributed by atoms with Crippen molar-refractivity contribution in [3.63, 3.8) is 0 Å². The lowest BCUT2D eigenvalue weighted by atomic mass is 9.82. The Bertz CT molecular complexity index is 593. The number of halogens is 3. The van der Waals surface area contributed by atoms with Crippen molar-refractivity contribution in [2.45, 2.75) is 19.0 Å². The summed E-state index contributed by atoms with van der Waals surface area (Å²) >= 11 is 0. The van der Waals surface area contributed by atoms with Gasteiger partial charge < -0.3 is 10.4 Å². The van der Waals surface area contributed by atoms with Crippen LogP contribution in [-0.4, -0.2) is 17.0 Å². The highest BCUT2D eigenvalue weighted by molar-refractivity contribution is 5.95. The molecule has 0 heterocycles. The molecule has 0 unspecified atom stereocenters. The number of alkyl halides is 3. The first kappa shape index (κ1) is 16.1. The van der Waals surface area contributed by atoms with E-state index in [1.54, 1.807) is 12.2 Å². The fraction of sp³-hybridized carbons (Fsp3) is 0.333. The van der Waals surface area contributed by atoms with E-state index in [1.807, 2.05) is 0 Å². The summed E-state index contributed by atoms with van der Waals surface area (Å²) in [5.74, 6) is -3.11. The molecular formula is C15H14F3NO3. The van der Waals surface area contributed by atoms with Crippen molar-refractivity contribution in [3.8, 4) is 0 Å². The first-order valence-corrected chi connectivity index (χ1v) is 6.65. The fourth-order valence-corrected chi connectivity index (χ4v) is 2.35. The average molecular weight is 313 g/mol. The van der Waals surface area contributed by atoms with Gasteiger partial charge in [0, 0.05) is 5.69 Å². The second-order valence-corrected chi connectivity index (χ2v) is 5.06. The summed E-state index contributed by atoms with van der Waals surface area (Å²) in [5.41, 5.74) is -0.605. The Balaban J connectivity index is 2.08. The minimum atomic E-state index is -4.44. The molecule has 1 aromatic rings. The highest BCUT2D eigenvalue weighted by Crippen LogP contribution is 2.31. The van der Waals surface area contributed by atoms with E-state index in [4.69, 9.17) is 5.11 Å². The molecule has 4 nitrogen and oxygen atoms in total. The lowest BCUT2D eigenvalue weighted by Crippen LogP contribution is -2.34. The van der Waals surface area contributed by atoms with Crippen LogP contribution >= 0.6 is 0 Å². The van der Waals surface area contributed by atoms with E-state index >= 15 is 0 Å². The number of benzene rings is 1. The number of carboxylic acid groups (broad SMARTS) is 1. The Morgan fingerprint density at radius 3 is 2.09 bits per heavy atom. The standard InChI is InChI=1S/C15H14F3NO3/c16-15(17,18)9-5-7-10(8-6-9)19-13(20)11-3-1-2-4-12(11)14(21)22/h1-2,5-8,11-12H,3-4H2,(H,19,20)(H,21,22)/t11-,12+/m0/s1. The second kappa shape index (κ2) is 6.21. The Labute approximate surface area is 124 Å². The third-order valence-electron chi connectivity index (χ3n) is 3.57. The monoisotopic (exact) mass is 313 g/mol. The minimum Gasteiger partial charge on any atom is -0.481 e. The van der Waals surface area contributed by atoms with Crippen molar-refractivity contribution >= 4 is 17.6 Å². The van der Waals surface area contributed by atoms with Gasteiger partial charge in [-0.25, -0.2) is 0 Å². The summed E-state index contributed by atoms with van der Waals surface area (Å²) in [4.78, 5) is 23.3. The quantitative estimate of drug-likeness (QED) is 0.841. The van der Waals surface area contributed by atoms with E-state index in [1.165, 1.54) is 0 Å². The molecule has 0 saturated carbocycles. The van der Waals surface area contributed by atoms with Gasteiger partial charge in [-0.15, -0.1) is 0 Å². The number of hydrogen-bond acceptors (Lipinski definition) is 2. The van der Waals surface area contributed by atoms with E-state index in [0.717, 1.165) is 24.3 Å². The van der Waals surface area contributed by atoms with Crippen LogP contribution in [0.1, 0.15) is 18.4 Å². The van der Waals surface area contributed by atoms with Crippen molar-refractivity contribution in [1.82, 2.24) is 0 Å². The molecule has 0 radical (unpaired) electrons. The van der Waals surface area contributed by atoms with E-state index in [9.17, 15) is 22.8 Å². The van der Waals surface area contributed by atoms with Crippen LogP contribution in [0.2, 0.25) is 0 Å². The first-order chi connectivity index (χ1) is 10.3. The Hall–Kier alpha value is -2.31. The van der Waals surface area contributed by atoms with Gasteiger partial charge in [0.2, 0.25) is 5.91 Å². The molecule has 2 rings (SSSR count). The zero-order valence-corrected chi connectivity index (χ0v) is 11.4. The van der Waals surface area contributed by atoms with Crippen LogP contribution in [0.5, 0.6) is 0 Å². The summed E-state index contributed by atoms with van der Waals surface area (Å²) in [6.45, 7) is 0. The molecular weight excluding hydrogens is 299 g/mol. The van der Waals surface area contributed by atoms with Gasteiger partial charge in [0.05, 0.1) is 17.4 Å². The van der Waals surface area contributed by atoms with Gasteiger partial charge in [-0.1, -0.05) is 12.2 Å². The van der Waals surface area contributed by atoms with E-state index in [-0.39, 0.29) is 12.1 Å². The number of allylic oxidation sites excluding steroid dienone is 2. The number of carboxylic acids is 1. The third-order valence-corrected chi connectivity index (χ3v) is 3.57. The number of aliphatic carboxylic acids is 1. The van der Waals surface area contributed by atoms with Crippen LogP contribution in [0.15, 0.2) is 36.4 Å². The molecule has 118 valence electrons. The highest BCUT2D eigenvalue weighted by Gasteiger charge is 2.34. The highest BCUT2D eigenvalue weighted by atomic mass is 19.4. The average Bonchev–Trinajstić information content (AvgIpc) is 2.46. The number of rotatable bonds is 3. The molecule has 1 amide bonds. The zero-order valence-electron chi connectivity index (χ0n) is 11.4. The molecule has 0 spiro atoms. The maximum absolute atomic E-state index is 12.5. The van der Waals surface area contributed by atoms with Gasteiger partial charge >= 0.3 is 12.1 Å². The van der Waals surface area contributed by atoms with E-state index < -0.39 is 35.5 Å². The summed E-state index contributed by atoms with van der Waals surface area (Å²) in [6, 6.07) is 4.03. The maximum atomic E-state index is 12.5. The van der Waals surface area contributed by atoms with Crippen molar-refractivity contribution in [1.29, 1.82) is 0 Å². The predicted molar refractivity (Wildman–Crippen MR) is 73.1 cm³/mol. The predicted octanol–water partition coefficient (Wildman–Crippen LogP) is 3.31. The molecule has 7 heteroatoms. The second-order valence-electron chi connectivity index (χ2n) is 5.06. The number of nitrogens with one attached hydrogen (secondary N) is 1. The molecule has 22 heavy (non-hydrogen) atoms. The van der Waals surface area contributed by atoms with Crippen LogP contribution in [0.3, 0.4) is 0 Å². The summed E-state index contributed by atoms with van der Waals surface area (Å²) < 4.78 is 37.4. The molecule has 0 aromatic heterocycles. The van der Waals surface area contributed by atoms with E-state index in [2.05, 4.69) is 5.32 Å². The topological polar surface area (TPSA) is 66.4 Å². The molecule has 0 saturated heterocycles.